The van der Waals surface area contributed by atoms with Crippen LogP contribution >= 0.6 is 0 Å². The van der Waals surface area contributed by atoms with Gasteiger partial charge in [-0.15, -0.1) is 11.8 Å². The van der Waals surface area contributed by atoms with E-state index in [1.807, 2.05) is 33.0 Å². The van der Waals surface area contributed by atoms with Crippen molar-refractivity contribution >= 4 is 0 Å². The van der Waals surface area contributed by atoms with Crippen LogP contribution in [0.25, 0.3) is 0 Å². The summed E-state index contributed by atoms with van der Waals surface area (Å²) >= 11 is 0. The van der Waals surface area contributed by atoms with Crippen molar-refractivity contribution < 1.29 is 4.74 Å². The molecule has 0 fully saturated rings. The molecular formula is C15H21NO. The van der Waals surface area contributed by atoms with Gasteiger partial charge in [-0.3, -0.25) is 0 Å². The van der Waals surface area contributed by atoms with E-state index in [9.17, 15) is 0 Å². The molecule has 1 unspecified atom stereocenters. The van der Waals surface area contributed by atoms with E-state index in [0.29, 0.717) is 12.6 Å². The largest absolute Gasteiger partial charge is 0.494 e. The van der Waals surface area contributed by atoms with Gasteiger partial charge in [0, 0.05) is 12.5 Å². The number of nitrogens with one attached hydrogen (secondary N) is 1. The Bertz CT molecular complexity index is 372. The van der Waals surface area contributed by atoms with Crippen LogP contribution < -0.4 is 10.1 Å². The molecule has 0 saturated carbocycles. The Morgan fingerprint density at radius 3 is 2.53 bits per heavy atom. The summed E-state index contributed by atoms with van der Waals surface area (Å²) in [4.78, 5) is 0. The van der Waals surface area contributed by atoms with Crippen LogP contribution in [0.15, 0.2) is 24.3 Å². The Morgan fingerprint density at radius 2 is 2.00 bits per heavy atom. The molecular weight excluding hydrogens is 210 g/mol. The van der Waals surface area contributed by atoms with Gasteiger partial charge in [-0.1, -0.05) is 12.1 Å². The quantitative estimate of drug-likeness (QED) is 0.759. The van der Waals surface area contributed by atoms with Gasteiger partial charge in [0.1, 0.15) is 5.75 Å². The number of rotatable bonds is 6. The summed E-state index contributed by atoms with van der Waals surface area (Å²) in [5, 5.41) is 3.32. The van der Waals surface area contributed by atoms with Gasteiger partial charge in [0.05, 0.1) is 6.61 Å². The van der Waals surface area contributed by atoms with Crippen LogP contribution in [0.5, 0.6) is 5.75 Å². The van der Waals surface area contributed by atoms with Crippen LogP contribution in [0.3, 0.4) is 0 Å². The topological polar surface area (TPSA) is 21.3 Å². The van der Waals surface area contributed by atoms with Crippen LogP contribution in [0.4, 0.5) is 0 Å². The first-order valence-corrected chi connectivity index (χ1v) is 6.11. The van der Waals surface area contributed by atoms with Crippen molar-refractivity contribution in [3.8, 4) is 17.6 Å². The van der Waals surface area contributed by atoms with Crippen molar-refractivity contribution in [3.05, 3.63) is 29.8 Å². The minimum Gasteiger partial charge on any atom is -0.494 e. The highest BCUT2D eigenvalue weighted by Crippen LogP contribution is 2.21. The van der Waals surface area contributed by atoms with Crippen LogP contribution in [0.1, 0.15) is 38.3 Å². The van der Waals surface area contributed by atoms with Crippen LogP contribution in [0.2, 0.25) is 0 Å². The molecule has 0 aliphatic heterocycles. The summed E-state index contributed by atoms with van der Waals surface area (Å²) in [5.41, 5.74) is 1.29. The Balaban J connectivity index is 2.63. The van der Waals surface area contributed by atoms with E-state index in [4.69, 9.17) is 4.74 Å². The third-order valence-electron chi connectivity index (χ3n) is 2.68. The molecule has 1 N–H and O–H groups in total. The van der Waals surface area contributed by atoms with Gasteiger partial charge in [-0.2, -0.15) is 0 Å². The zero-order valence-electron chi connectivity index (χ0n) is 10.9. The summed E-state index contributed by atoms with van der Waals surface area (Å²) in [5.74, 6) is 6.96. The smallest absolute Gasteiger partial charge is 0.119 e. The first-order valence-electron chi connectivity index (χ1n) is 6.11. The lowest BCUT2D eigenvalue weighted by molar-refractivity contribution is 0.340. The molecule has 0 aliphatic rings. The molecule has 0 aromatic heterocycles. The minimum atomic E-state index is 0.367. The van der Waals surface area contributed by atoms with E-state index in [1.165, 1.54) is 5.56 Å². The Hall–Kier alpha value is -1.46. The highest BCUT2D eigenvalue weighted by molar-refractivity contribution is 5.29. The van der Waals surface area contributed by atoms with Gasteiger partial charge >= 0.3 is 0 Å². The van der Waals surface area contributed by atoms with Crippen molar-refractivity contribution in [1.29, 1.82) is 0 Å². The van der Waals surface area contributed by atoms with Crippen molar-refractivity contribution in [1.82, 2.24) is 5.32 Å². The molecule has 0 aliphatic carbocycles. The standard InChI is InChI=1S/C15H21NO/c1-4-6-7-8-15(16-3)13-9-11-14(12-10-13)17-5-2/h9-12,15-16H,5,7-8H2,1-3H3. The van der Waals surface area contributed by atoms with Crippen molar-refractivity contribution in [3.63, 3.8) is 0 Å². The van der Waals surface area contributed by atoms with Gasteiger partial charge in [0.25, 0.3) is 0 Å². The van der Waals surface area contributed by atoms with Gasteiger partial charge in [-0.25, -0.2) is 0 Å². The molecule has 2 nitrogen and oxygen atoms in total. The Morgan fingerprint density at radius 1 is 1.29 bits per heavy atom. The second-order valence-electron chi connectivity index (χ2n) is 3.81. The molecule has 1 rings (SSSR count). The lowest BCUT2D eigenvalue weighted by Crippen LogP contribution is -2.15. The molecule has 2 heteroatoms. The summed E-state index contributed by atoms with van der Waals surface area (Å²) < 4.78 is 5.43. The monoisotopic (exact) mass is 231 g/mol. The fraction of sp³-hybridized carbons (Fsp3) is 0.467. The summed E-state index contributed by atoms with van der Waals surface area (Å²) in [6.45, 7) is 4.58. The predicted molar refractivity (Wildman–Crippen MR) is 72.1 cm³/mol. The second kappa shape index (κ2) is 7.76. The predicted octanol–water partition coefficient (Wildman–Crippen LogP) is 3.15. The SMILES string of the molecule is CC#CCCC(NC)c1ccc(OCC)cc1. The number of hydrogen-bond donors (Lipinski definition) is 1. The Kier molecular flexibility index (Phi) is 6.21. The molecule has 1 atom stereocenters. The zero-order chi connectivity index (χ0) is 12.5. The Labute approximate surface area is 104 Å². The first kappa shape index (κ1) is 13.6. The lowest BCUT2D eigenvalue weighted by atomic mass is 10.0. The fourth-order valence-corrected chi connectivity index (χ4v) is 1.78. The van der Waals surface area contributed by atoms with E-state index in [0.717, 1.165) is 18.6 Å². The minimum absolute atomic E-state index is 0.367. The summed E-state index contributed by atoms with van der Waals surface area (Å²) in [6.07, 6.45) is 1.96. The normalized spacial score (nSPS) is 11.5. The molecule has 0 amide bonds. The maximum atomic E-state index is 5.43. The van der Waals surface area contributed by atoms with Gasteiger partial charge in [0.15, 0.2) is 0 Å². The maximum absolute atomic E-state index is 5.43. The van der Waals surface area contributed by atoms with Crippen LogP contribution in [-0.2, 0) is 0 Å². The molecule has 0 spiro atoms. The summed E-state index contributed by atoms with van der Waals surface area (Å²) in [6, 6.07) is 8.65. The first-order chi connectivity index (χ1) is 8.31. The number of hydrogen-bond acceptors (Lipinski definition) is 2. The maximum Gasteiger partial charge on any atom is 0.119 e. The van der Waals surface area contributed by atoms with Gasteiger partial charge in [-0.05, 0) is 45.0 Å². The fourth-order valence-electron chi connectivity index (χ4n) is 1.78. The lowest BCUT2D eigenvalue weighted by Gasteiger charge is -2.15. The highest BCUT2D eigenvalue weighted by Gasteiger charge is 2.07. The van der Waals surface area contributed by atoms with E-state index in [1.54, 1.807) is 0 Å². The molecule has 17 heavy (non-hydrogen) atoms. The molecule has 1 aromatic carbocycles. The van der Waals surface area contributed by atoms with Gasteiger partial charge in [0.2, 0.25) is 0 Å². The van der Waals surface area contributed by atoms with Crippen LogP contribution in [0, 0.1) is 11.8 Å². The van der Waals surface area contributed by atoms with Crippen LogP contribution in [-0.4, -0.2) is 13.7 Å². The molecule has 0 bridgehead atoms. The van der Waals surface area contributed by atoms with E-state index in [2.05, 4.69) is 29.3 Å². The van der Waals surface area contributed by atoms with Crippen molar-refractivity contribution in [2.24, 2.45) is 0 Å². The average Bonchev–Trinajstić information content (AvgIpc) is 2.36. The zero-order valence-corrected chi connectivity index (χ0v) is 10.9. The average molecular weight is 231 g/mol. The van der Waals surface area contributed by atoms with E-state index < -0.39 is 0 Å². The third-order valence-corrected chi connectivity index (χ3v) is 2.68. The highest BCUT2D eigenvalue weighted by atomic mass is 16.5. The van der Waals surface area contributed by atoms with Gasteiger partial charge < -0.3 is 10.1 Å². The summed E-state index contributed by atoms with van der Waals surface area (Å²) in [7, 11) is 1.99. The van der Waals surface area contributed by atoms with E-state index in [-0.39, 0.29) is 0 Å². The number of benzene rings is 1. The molecule has 0 heterocycles. The van der Waals surface area contributed by atoms with E-state index >= 15 is 0 Å². The molecule has 1 aromatic rings. The molecule has 0 saturated heterocycles. The third kappa shape index (κ3) is 4.50. The molecule has 92 valence electrons. The second-order valence-corrected chi connectivity index (χ2v) is 3.81. The number of ether oxygens (including phenoxy) is 1. The van der Waals surface area contributed by atoms with Crippen molar-refractivity contribution in [2.75, 3.05) is 13.7 Å². The molecule has 0 radical (unpaired) electrons. The van der Waals surface area contributed by atoms with Crippen molar-refractivity contribution in [2.45, 2.75) is 32.7 Å².